The number of para-hydroxylation sites is 7. The fourth-order valence-electron chi connectivity index (χ4n) is 20.3. The SMILES string of the molecule is c1ccc(N2c3ccccc3B3c4cc(-c5ccc6c(c5)c5ccccc5c5ccc(N7c8ccccc8B8c9ccccc9N(c9ccc%10c%11ccccc%11c%11ccccc%11c%10c9)c9cccc7c98)cc56)ccc4N(c4ccccc4)c4cc(-c5cc6c7c(c5)Oc5ccccc5B7c5ccccc5O6)cc2c43)cc1. The van der Waals surface area contributed by atoms with Gasteiger partial charge in [0.2, 0.25) is 0 Å². The first kappa shape index (κ1) is 60.8. The number of fused-ring (bicyclic) bond motifs is 24. The van der Waals surface area contributed by atoms with E-state index in [-0.39, 0.29) is 20.1 Å². The normalized spacial score (nSPS) is 13.6. The van der Waals surface area contributed by atoms with Gasteiger partial charge < -0.3 is 29.1 Å². The van der Waals surface area contributed by atoms with Crippen LogP contribution in [0.15, 0.2) is 370 Å². The third-order valence-corrected chi connectivity index (χ3v) is 24.8. The molecule has 19 aromatic carbocycles. The second-order valence-electron chi connectivity index (χ2n) is 30.4. The fraction of sp³-hybridized carbons (Fsp3) is 0. The fourth-order valence-corrected chi connectivity index (χ4v) is 20.3. The molecule has 0 bridgehead atoms. The van der Waals surface area contributed by atoms with Crippen LogP contribution < -0.4 is 78.2 Å². The molecule has 0 saturated carbocycles. The van der Waals surface area contributed by atoms with Crippen molar-refractivity contribution in [3.8, 4) is 45.3 Å². The summed E-state index contributed by atoms with van der Waals surface area (Å²) < 4.78 is 14.0. The van der Waals surface area contributed by atoms with Crippen molar-refractivity contribution >= 4 is 202 Å². The van der Waals surface area contributed by atoms with E-state index < -0.39 is 0 Å². The van der Waals surface area contributed by atoms with Gasteiger partial charge >= 0.3 is 0 Å². The summed E-state index contributed by atoms with van der Waals surface area (Å²) in [5, 5.41) is 14.9. The van der Waals surface area contributed by atoms with Crippen LogP contribution in [0.2, 0.25) is 0 Å². The molecule has 0 saturated heterocycles. The highest BCUT2D eigenvalue weighted by atomic mass is 16.5. The van der Waals surface area contributed by atoms with E-state index in [1.165, 1.54) is 120 Å². The molecule has 6 aliphatic rings. The van der Waals surface area contributed by atoms with Gasteiger partial charge in [-0.3, -0.25) is 0 Å². The van der Waals surface area contributed by atoms with E-state index in [1.807, 2.05) is 0 Å². The minimum atomic E-state index is -0.132. The number of anilines is 12. The molecule has 0 radical (unpaired) electrons. The monoisotopic (exact) mass is 1410 g/mol. The number of ether oxygens (including phenoxy) is 2. The van der Waals surface area contributed by atoms with Crippen LogP contribution in [0, 0.1) is 0 Å². The Morgan fingerprint density at radius 1 is 0.162 bits per heavy atom. The molecular formula is C102H61B3N4O2. The zero-order valence-electron chi connectivity index (χ0n) is 60.1. The first-order valence-electron chi connectivity index (χ1n) is 38.5. The minimum absolute atomic E-state index is 0.00787. The van der Waals surface area contributed by atoms with Crippen LogP contribution in [0.3, 0.4) is 0 Å². The highest BCUT2D eigenvalue weighted by Crippen LogP contribution is 2.51. The van der Waals surface area contributed by atoms with Crippen LogP contribution in [0.25, 0.3) is 86.9 Å². The lowest BCUT2D eigenvalue weighted by Crippen LogP contribution is -2.61. The van der Waals surface area contributed by atoms with Crippen LogP contribution in [0.1, 0.15) is 0 Å². The standard InChI is InChI=1S/C102H61B3N4O2/c1-3-24-66(25-4-1)106-88-39-18-15-36-84(88)104-87-55-63(47-53-91(87)107(67-26-5-2-6-27-67)95-57-64(56-94(106)101(95)104)65-58-98-102-99(59-65)111-97-45-22-17-38-86(97)105(102)85-37-16-21-44-96(85)110-98)62-46-50-78-79(54-62)74-32-11-10-31-73(74)77-52-49-69(61-81(77)78)109-90-41-20-14-35-83(90)103-82-34-13-19-40-89(82)108(92-42-23-43-93(109)100(92)103)68-48-51-76-72-30-8-7-28-70(72)71-29-9-12-33-75(71)80(76)60-68/h1-61H. The maximum Gasteiger partial charge on any atom is 0.260 e. The van der Waals surface area contributed by atoms with Gasteiger partial charge in [-0.2, -0.15) is 0 Å². The molecule has 0 amide bonds. The predicted octanol–water partition coefficient (Wildman–Crippen LogP) is 20.8. The predicted molar refractivity (Wildman–Crippen MR) is 468 cm³/mol. The summed E-state index contributed by atoms with van der Waals surface area (Å²) >= 11 is 0. The number of hydrogen-bond acceptors (Lipinski definition) is 6. The second kappa shape index (κ2) is 23.1. The zero-order valence-corrected chi connectivity index (χ0v) is 60.1. The maximum absolute atomic E-state index is 6.98. The topological polar surface area (TPSA) is 31.4 Å². The van der Waals surface area contributed by atoms with E-state index in [2.05, 4.69) is 390 Å². The van der Waals surface area contributed by atoms with E-state index in [0.717, 1.165) is 107 Å². The molecule has 0 fully saturated rings. The molecule has 6 aliphatic heterocycles. The Bertz CT molecular complexity index is 7190. The van der Waals surface area contributed by atoms with Crippen molar-refractivity contribution in [1.82, 2.24) is 0 Å². The van der Waals surface area contributed by atoms with Crippen LogP contribution in [-0.2, 0) is 0 Å². The van der Waals surface area contributed by atoms with Gasteiger partial charge in [0.05, 0.1) is 0 Å². The third kappa shape index (κ3) is 8.66. The summed E-state index contributed by atoms with van der Waals surface area (Å²) in [6.45, 7) is -0.154. The van der Waals surface area contributed by atoms with Gasteiger partial charge in [-0.05, 0) is 258 Å². The van der Waals surface area contributed by atoms with E-state index in [4.69, 9.17) is 9.47 Å². The van der Waals surface area contributed by atoms with Crippen molar-refractivity contribution in [3.63, 3.8) is 0 Å². The molecular weight excluding hydrogens is 1350 g/mol. The smallest absolute Gasteiger partial charge is 0.260 e. The first-order chi connectivity index (χ1) is 55.1. The van der Waals surface area contributed by atoms with E-state index in [0.29, 0.717) is 0 Å². The summed E-state index contributed by atoms with van der Waals surface area (Å²) in [6, 6.07) is 138. The summed E-state index contributed by atoms with van der Waals surface area (Å²) in [7, 11) is 0. The lowest BCUT2D eigenvalue weighted by molar-refractivity contribution is 0.465. The molecule has 0 aliphatic carbocycles. The molecule has 0 atom stereocenters. The lowest BCUT2D eigenvalue weighted by Gasteiger charge is -2.44. The lowest BCUT2D eigenvalue weighted by atomic mass is 9.33. The Labute approximate surface area is 642 Å². The Kier molecular flexibility index (Phi) is 12.7. The summed E-state index contributed by atoms with van der Waals surface area (Å²) in [5.41, 5.74) is 29.1. The molecule has 9 heteroatoms. The summed E-state index contributed by atoms with van der Waals surface area (Å²) in [5.74, 6) is 3.36. The Morgan fingerprint density at radius 3 is 0.982 bits per heavy atom. The second-order valence-corrected chi connectivity index (χ2v) is 30.4. The quantitative estimate of drug-likeness (QED) is 0.122. The molecule has 510 valence electrons. The molecule has 0 aromatic heterocycles. The molecule has 0 unspecified atom stereocenters. The van der Waals surface area contributed by atoms with E-state index in [9.17, 15) is 0 Å². The van der Waals surface area contributed by atoms with E-state index >= 15 is 0 Å². The Balaban J connectivity index is 0.650. The third-order valence-electron chi connectivity index (χ3n) is 24.8. The average molecular weight is 1410 g/mol. The van der Waals surface area contributed by atoms with E-state index in [1.54, 1.807) is 0 Å². The van der Waals surface area contributed by atoms with Crippen molar-refractivity contribution < 1.29 is 9.47 Å². The average Bonchev–Trinajstić information content (AvgIpc) is 0.702. The molecule has 25 rings (SSSR count). The van der Waals surface area contributed by atoms with Gasteiger partial charge in [0.1, 0.15) is 23.0 Å². The number of hydrogen-bond donors (Lipinski definition) is 0. The Morgan fingerprint density at radius 2 is 0.486 bits per heavy atom. The number of nitrogens with zero attached hydrogens (tertiary/aromatic N) is 4. The first-order valence-corrected chi connectivity index (χ1v) is 38.5. The van der Waals surface area contributed by atoms with Crippen molar-refractivity contribution in [2.45, 2.75) is 0 Å². The minimum Gasteiger partial charge on any atom is -0.458 e. The van der Waals surface area contributed by atoms with Gasteiger partial charge in [0.25, 0.3) is 20.1 Å². The molecule has 0 spiro atoms. The van der Waals surface area contributed by atoms with Crippen LogP contribution >= 0.6 is 0 Å². The van der Waals surface area contributed by atoms with Crippen molar-refractivity contribution in [2.75, 3.05) is 19.6 Å². The molecule has 0 N–H and O–H groups in total. The van der Waals surface area contributed by atoms with Crippen LogP contribution in [0.4, 0.5) is 68.2 Å². The zero-order chi connectivity index (χ0) is 72.3. The maximum atomic E-state index is 6.98. The summed E-state index contributed by atoms with van der Waals surface area (Å²) in [6.07, 6.45) is 0. The highest BCUT2D eigenvalue weighted by Gasteiger charge is 2.47. The largest absolute Gasteiger partial charge is 0.458 e. The molecule has 111 heavy (non-hydrogen) atoms. The summed E-state index contributed by atoms with van der Waals surface area (Å²) in [4.78, 5) is 10.1. The molecule has 6 heterocycles. The van der Waals surface area contributed by atoms with Gasteiger partial charge in [-0.25, -0.2) is 0 Å². The Hall–Kier alpha value is -14.3. The van der Waals surface area contributed by atoms with Gasteiger partial charge in [-0.15, -0.1) is 0 Å². The van der Waals surface area contributed by atoms with Gasteiger partial charge in [0, 0.05) is 73.7 Å². The molecule has 6 nitrogen and oxygen atoms in total. The number of benzene rings is 19. The van der Waals surface area contributed by atoms with Crippen molar-refractivity contribution in [1.29, 1.82) is 0 Å². The van der Waals surface area contributed by atoms with Crippen molar-refractivity contribution in [3.05, 3.63) is 370 Å². The molecule has 19 aromatic rings. The van der Waals surface area contributed by atoms with Gasteiger partial charge in [0.15, 0.2) is 0 Å². The highest BCUT2D eigenvalue weighted by molar-refractivity contribution is 7.01. The van der Waals surface area contributed by atoms with Crippen molar-refractivity contribution in [2.24, 2.45) is 0 Å². The number of rotatable bonds is 6. The van der Waals surface area contributed by atoms with Gasteiger partial charge in [-0.1, -0.05) is 243 Å². The van der Waals surface area contributed by atoms with Crippen LogP contribution in [-0.4, -0.2) is 20.1 Å². The van der Waals surface area contributed by atoms with Crippen LogP contribution in [0.5, 0.6) is 23.0 Å².